The van der Waals surface area contributed by atoms with E-state index in [2.05, 4.69) is 19.6 Å². The molecule has 10 rings (SSSR count). The standard InChI is InChI=1S/C26H30N2O4.C25H28N2O4.Na.H2O/c1-31-26(30)18-5-7-22(8-6-18)32-23-9-10-24-19(17-23)11-16-28(25(24)29)21-12-14-27(15-13-21)20-3-2-4-20;28-24-23-9-8-22(31-21-6-4-17(5-7-21)25(29)30)16-18(23)10-15-27(24)20-11-13-26(14-12-20)19-2-1-3-19;;/h5-10,17,20-21H,2-4,11-16H2,1H3;4-9,16,19-20H,1-3,10-15H2,(H,29,30);;1H2/q;;+1;/p-1. The maximum atomic E-state index is 13.2. The van der Waals surface area contributed by atoms with Crippen LogP contribution in [0.4, 0.5) is 0 Å². The number of piperidine rings is 2. The van der Waals surface area contributed by atoms with Gasteiger partial charge < -0.3 is 44.4 Å². The van der Waals surface area contributed by atoms with Crippen LogP contribution in [0.2, 0.25) is 0 Å². The molecule has 4 aromatic rings. The van der Waals surface area contributed by atoms with Gasteiger partial charge in [-0.25, -0.2) is 9.59 Å². The van der Waals surface area contributed by atoms with E-state index in [-0.39, 0.29) is 58.4 Å². The van der Waals surface area contributed by atoms with Gasteiger partial charge in [0.15, 0.2) is 0 Å². The van der Waals surface area contributed by atoms with Crippen molar-refractivity contribution in [2.75, 3.05) is 46.4 Å². The average molecular weight is 895 g/mol. The number of carbonyl (C=O) groups excluding carboxylic acids is 3. The van der Waals surface area contributed by atoms with E-state index >= 15 is 0 Å². The van der Waals surface area contributed by atoms with Crippen molar-refractivity contribution in [3.05, 3.63) is 118 Å². The summed E-state index contributed by atoms with van der Waals surface area (Å²) in [6.07, 6.45) is 14.1. The van der Waals surface area contributed by atoms with Gasteiger partial charge in [-0.3, -0.25) is 9.59 Å². The Balaban J connectivity index is 0.000000188. The van der Waals surface area contributed by atoms with E-state index in [1.807, 2.05) is 36.4 Å². The summed E-state index contributed by atoms with van der Waals surface area (Å²) in [6, 6.07) is 26.8. The predicted molar refractivity (Wildman–Crippen MR) is 240 cm³/mol. The molecule has 338 valence electrons. The van der Waals surface area contributed by atoms with Crippen molar-refractivity contribution in [3.63, 3.8) is 0 Å². The number of hydrogen-bond donors (Lipinski definition) is 1. The van der Waals surface area contributed by atoms with Crippen molar-refractivity contribution in [2.24, 2.45) is 0 Å². The minimum Gasteiger partial charge on any atom is -0.870 e. The van der Waals surface area contributed by atoms with E-state index < -0.39 is 5.97 Å². The molecule has 4 aromatic carbocycles. The summed E-state index contributed by atoms with van der Waals surface area (Å²) in [4.78, 5) is 58.4. The molecule has 2 saturated heterocycles. The third kappa shape index (κ3) is 10.9. The molecule has 6 aliphatic rings. The van der Waals surface area contributed by atoms with Crippen LogP contribution in [-0.2, 0) is 17.6 Å². The second-order valence-electron chi connectivity index (χ2n) is 17.9. The van der Waals surface area contributed by atoms with Gasteiger partial charge in [-0.05, 0) is 160 Å². The molecule has 0 bridgehead atoms. The molecule has 2 aliphatic carbocycles. The number of rotatable bonds is 10. The van der Waals surface area contributed by atoms with Gasteiger partial charge in [0.2, 0.25) is 0 Å². The molecule has 2 amide bonds. The molecule has 0 radical (unpaired) electrons. The molecule has 2 N–H and O–H groups in total. The smallest absolute Gasteiger partial charge is 0.870 e. The molecule has 2 saturated carbocycles. The normalized spacial score (nSPS) is 19.5. The third-order valence-corrected chi connectivity index (χ3v) is 14.3. The Bertz CT molecular complexity index is 2300. The Morgan fingerprint density at radius 3 is 1.26 bits per heavy atom. The first-order valence-electron chi connectivity index (χ1n) is 22.9. The van der Waals surface area contributed by atoms with Crippen LogP contribution in [0.3, 0.4) is 0 Å². The molecule has 0 aromatic heterocycles. The molecular formula is C51H59N4NaO9. The van der Waals surface area contributed by atoms with Gasteiger partial charge in [-0.1, -0.05) is 12.8 Å². The zero-order valence-corrected chi connectivity index (χ0v) is 39.7. The number of benzene rings is 4. The number of carboxylic acids is 1. The van der Waals surface area contributed by atoms with E-state index in [1.54, 1.807) is 36.4 Å². The number of amides is 2. The zero-order valence-electron chi connectivity index (χ0n) is 37.7. The average Bonchev–Trinajstić information content (AvgIpc) is 3.27. The van der Waals surface area contributed by atoms with Crippen molar-refractivity contribution in [1.82, 2.24) is 19.6 Å². The summed E-state index contributed by atoms with van der Waals surface area (Å²) in [5.41, 5.74) is 4.35. The number of nitrogens with zero attached hydrogens (tertiary/aromatic N) is 4. The SMILES string of the molecule is COC(=O)c1ccc(Oc2ccc3c(c2)CCN(C2CCN(C4CCC4)CC2)C3=O)cc1.O=C(O)c1ccc(Oc2ccc3c(c2)CCN(C2CCN(C4CCC4)CC2)C3=O)cc1.[Na+].[OH-]. The Morgan fingerprint density at radius 2 is 0.908 bits per heavy atom. The maximum Gasteiger partial charge on any atom is 1.00 e. The molecule has 14 heteroatoms. The Labute approximate surface area is 403 Å². The first kappa shape index (κ1) is 48.2. The van der Waals surface area contributed by atoms with Gasteiger partial charge in [0, 0.05) is 74.6 Å². The summed E-state index contributed by atoms with van der Waals surface area (Å²) in [5, 5.41) is 9.01. The maximum absolute atomic E-state index is 13.2. The van der Waals surface area contributed by atoms with Crippen molar-refractivity contribution in [1.29, 1.82) is 0 Å². The van der Waals surface area contributed by atoms with Crippen LogP contribution in [0, 0.1) is 0 Å². The fraction of sp³-hybridized carbons (Fsp3) is 0.451. The van der Waals surface area contributed by atoms with Gasteiger partial charge in [0.05, 0.1) is 18.2 Å². The topological polar surface area (TPSA) is 159 Å². The Morgan fingerprint density at radius 1 is 0.523 bits per heavy atom. The van der Waals surface area contributed by atoms with Crippen molar-refractivity contribution in [3.8, 4) is 23.0 Å². The molecule has 0 unspecified atom stereocenters. The number of hydrogen-bond acceptors (Lipinski definition) is 10. The minimum absolute atomic E-state index is 0. The molecule has 4 fully saturated rings. The second-order valence-corrected chi connectivity index (χ2v) is 17.9. The van der Waals surface area contributed by atoms with Gasteiger partial charge in [0.1, 0.15) is 23.0 Å². The number of carboxylic acid groups (broad SMARTS) is 1. The van der Waals surface area contributed by atoms with E-state index in [0.717, 1.165) is 112 Å². The molecule has 0 spiro atoms. The summed E-state index contributed by atoms with van der Waals surface area (Å²) in [5.74, 6) is 1.54. The molecule has 4 heterocycles. The zero-order chi connectivity index (χ0) is 43.5. The number of fused-ring (bicyclic) bond motifs is 2. The van der Waals surface area contributed by atoms with Crippen LogP contribution < -0.4 is 39.0 Å². The molecule has 4 aliphatic heterocycles. The second kappa shape index (κ2) is 21.7. The number of aromatic carboxylic acids is 1. The van der Waals surface area contributed by atoms with Gasteiger partial charge in [0.25, 0.3) is 11.8 Å². The van der Waals surface area contributed by atoms with Crippen molar-refractivity contribution in [2.45, 2.75) is 101 Å². The quantitative estimate of drug-likeness (QED) is 0.163. The summed E-state index contributed by atoms with van der Waals surface area (Å²) >= 11 is 0. The molecule has 65 heavy (non-hydrogen) atoms. The summed E-state index contributed by atoms with van der Waals surface area (Å²) in [7, 11) is 1.36. The van der Waals surface area contributed by atoms with Crippen LogP contribution >= 0.6 is 0 Å². The Kier molecular flexibility index (Phi) is 16.1. The van der Waals surface area contributed by atoms with Crippen LogP contribution in [-0.4, -0.2) is 124 Å². The summed E-state index contributed by atoms with van der Waals surface area (Å²) in [6.45, 7) is 5.99. The fourth-order valence-corrected chi connectivity index (χ4v) is 10.1. The largest absolute Gasteiger partial charge is 1.00 e. The van der Waals surface area contributed by atoms with E-state index in [4.69, 9.17) is 19.3 Å². The predicted octanol–water partition coefficient (Wildman–Crippen LogP) is 5.30. The first-order valence-corrected chi connectivity index (χ1v) is 22.9. The minimum atomic E-state index is -0.961. The van der Waals surface area contributed by atoms with Crippen LogP contribution in [0.15, 0.2) is 84.9 Å². The van der Waals surface area contributed by atoms with Gasteiger partial charge in [-0.15, -0.1) is 0 Å². The van der Waals surface area contributed by atoms with E-state index in [1.165, 1.54) is 57.8 Å². The number of methoxy groups -OCH3 is 1. The molecule has 13 nitrogen and oxygen atoms in total. The van der Waals surface area contributed by atoms with Crippen LogP contribution in [0.5, 0.6) is 23.0 Å². The van der Waals surface area contributed by atoms with E-state index in [9.17, 15) is 19.2 Å². The third-order valence-electron chi connectivity index (χ3n) is 14.3. The van der Waals surface area contributed by atoms with Crippen molar-refractivity contribution >= 4 is 23.8 Å². The number of carbonyl (C=O) groups is 4. The molecular weight excluding hydrogens is 836 g/mol. The van der Waals surface area contributed by atoms with Gasteiger partial charge >= 0.3 is 41.5 Å². The van der Waals surface area contributed by atoms with E-state index in [0.29, 0.717) is 40.6 Å². The van der Waals surface area contributed by atoms with Gasteiger partial charge in [-0.2, -0.15) is 0 Å². The number of ether oxygens (including phenoxy) is 3. The number of likely N-dealkylation sites (tertiary alicyclic amines) is 2. The summed E-state index contributed by atoms with van der Waals surface area (Å²) < 4.78 is 16.6. The first-order chi connectivity index (χ1) is 30.7. The van der Waals surface area contributed by atoms with Crippen LogP contribution in [0.1, 0.15) is 117 Å². The molecule has 0 atom stereocenters. The van der Waals surface area contributed by atoms with Crippen LogP contribution in [0.25, 0.3) is 0 Å². The fourth-order valence-electron chi connectivity index (χ4n) is 10.1. The van der Waals surface area contributed by atoms with Crippen molar-refractivity contribution < 1.29 is 73.5 Å². The Hall–Kier alpha value is -4.76. The monoisotopic (exact) mass is 894 g/mol. The number of esters is 1.